The summed E-state index contributed by atoms with van der Waals surface area (Å²) in [6.45, 7) is 4.35. The first-order chi connectivity index (χ1) is 14.7. The molecule has 1 fully saturated rings. The molecule has 1 heterocycles. The quantitative estimate of drug-likeness (QED) is 0.650. The van der Waals surface area contributed by atoms with Crippen molar-refractivity contribution in [3.8, 4) is 5.75 Å². The molecular formula is C22H28FN3O4S. The number of anilines is 2. The molecule has 1 unspecified atom stereocenters. The largest absolute Gasteiger partial charge is 0.481 e. The summed E-state index contributed by atoms with van der Waals surface area (Å²) in [5.74, 6) is 0.172. The molecule has 0 saturated carbocycles. The number of benzene rings is 2. The van der Waals surface area contributed by atoms with E-state index in [2.05, 4.69) is 4.90 Å². The van der Waals surface area contributed by atoms with Crippen LogP contribution in [-0.2, 0) is 14.8 Å². The van der Waals surface area contributed by atoms with Crippen molar-refractivity contribution in [1.82, 2.24) is 4.90 Å². The summed E-state index contributed by atoms with van der Waals surface area (Å²) in [7, 11) is -1.86. The monoisotopic (exact) mass is 449 g/mol. The van der Waals surface area contributed by atoms with Crippen LogP contribution in [0.25, 0.3) is 0 Å². The number of nitrogens with zero attached hydrogens (tertiary/aromatic N) is 3. The Morgan fingerprint density at radius 3 is 2.16 bits per heavy atom. The Bertz CT molecular complexity index is 988. The van der Waals surface area contributed by atoms with Crippen LogP contribution in [-0.4, -0.2) is 64.8 Å². The maximum absolute atomic E-state index is 13.1. The molecule has 1 aliphatic heterocycles. The van der Waals surface area contributed by atoms with Crippen LogP contribution in [0.1, 0.15) is 13.3 Å². The molecule has 2 aromatic carbocycles. The molecule has 7 nitrogen and oxygen atoms in total. The van der Waals surface area contributed by atoms with E-state index in [0.717, 1.165) is 11.9 Å². The first-order valence-corrected chi connectivity index (χ1v) is 12.0. The Morgan fingerprint density at radius 1 is 1.06 bits per heavy atom. The Balaban J connectivity index is 1.58. The number of piperazine rings is 1. The zero-order valence-corrected chi connectivity index (χ0v) is 18.8. The minimum Gasteiger partial charge on any atom is -0.481 e. The molecule has 0 N–H and O–H groups in total. The maximum atomic E-state index is 13.1. The van der Waals surface area contributed by atoms with Crippen LogP contribution in [0.5, 0.6) is 5.75 Å². The number of sulfonamides is 1. The van der Waals surface area contributed by atoms with Gasteiger partial charge >= 0.3 is 0 Å². The van der Waals surface area contributed by atoms with Crippen LogP contribution >= 0.6 is 0 Å². The lowest BCUT2D eigenvalue weighted by molar-refractivity contribution is -0.139. The van der Waals surface area contributed by atoms with Crippen molar-refractivity contribution in [2.24, 2.45) is 0 Å². The number of rotatable bonds is 7. The normalized spacial score (nSPS) is 15.5. The molecule has 168 valence electrons. The second-order valence-electron chi connectivity index (χ2n) is 7.53. The van der Waals surface area contributed by atoms with Crippen LogP contribution in [0.4, 0.5) is 15.8 Å². The standard InChI is InChI=1S/C22H28FN3O4S/c1-4-21(30-20-11-9-18(10-12-20)24(2)31(3,28)29)22(27)26-15-13-25(14-16-26)19-7-5-17(23)6-8-19/h5-12,21H,4,13-16H2,1-3H3. The molecule has 9 heteroatoms. The number of ether oxygens (including phenoxy) is 1. The van der Waals surface area contributed by atoms with Gasteiger partial charge in [0.25, 0.3) is 5.91 Å². The predicted molar refractivity (Wildman–Crippen MR) is 120 cm³/mol. The molecule has 1 saturated heterocycles. The van der Waals surface area contributed by atoms with Gasteiger partial charge < -0.3 is 14.5 Å². The Kier molecular flexibility index (Phi) is 7.04. The second kappa shape index (κ2) is 9.55. The van der Waals surface area contributed by atoms with Crippen LogP contribution < -0.4 is 13.9 Å². The number of amides is 1. The lowest BCUT2D eigenvalue weighted by Gasteiger charge is -2.37. The molecular weight excluding hydrogens is 421 g/mol. The zero-order valence-electron chi connectivity index (χ0n) is 18.0. The number of carbonyl (C=O) groups excluding carboxylic acids is 1. The highest BCUT2D eigenvalue weighted by atomic mass is 32.2. The Labute approximate surface area is 183 Å². The first kappa shape index (κ1) is 22.9. The van der Waals surface area contributed by atoms with Crippen LogP contribution in [0.3, 0.4) is 0 Å². The third kappa shape index (κ3) is 5.66. The molecule has 0 spiro atoms. The summed E-state index contributed by atoms with van der Waals surface area (Å²) in [5.41, 5.74) is 1.46. The highest BCUT2D eigenvalue weighted by Crippen LogP contribution is 2.23. The molecule has 1 atom stereocenters. The van der Waals surface area contributed by atoms with Crippen molar-refractivity contribution in [2.75, 3.05) is 48.7 Å². The molecule has 3 rings (SSSR count). The highest BCUT2D eigenvalue weighted by Gasteiger charge is 2.28. The summed E-state index contributed by atoms with van der Waals surface area (Å²) in [5, 5.41) is 0. The number of hydrogen-bond acceptors (Lipinski definition) is 5. The van der Waals surface area contributed by atoms with E-state index in [1.807, 2.05) is 6.92 Å². The van der Waals surface area contributed by atoms with Gasteiger partial charge in [-0.1, -0.05) is 6.92 Å². The van der Waals surface area contributed by atoms with E-state index in [-0.39, 0.29) is 11.7 Å². The van der Waals surface area contributed by atoms with Gasteiger partial charge in [-0.2, -0.15) is 0 Å². The SMILES string of the molecule is CCC(Oc1ccc(N(C)S(C)(=O)=O)cc1)C(=O)N1CCN(c2ccc(F)cc2)CC1. The number of halogens is 1. The van der Waals surface area contributed by atoms with E-state index < -0.39 is 16.1 Å². The summed E-state index contributed by atoms with van der Waals surface area (Å²) < 4.78 is 43.5. The van der Waals surface area contributed by atoms with Crippen molar-refractivity contribution in [3.63, 3.8) is 0 Å². The van der Waals surface area contributed by atoms with Crippen LogP contribution in [0.2, 0.25) is 0 Å². The Morgan fingerprint density at radius 2 is 1.65 bits per heavy atom. The lowest BCUT2D eigenvalue weighted by atomic mass is 10.2. The van der Waals surface area contributed by atoms with Crippen LogP contribution in [0.15, 0.2) is 48.5 Å². The van der Waals surface area contributed by atoms with E-state index in [0.29, 0.717) is 44.0 Å². The third-order valence-electron chi connectivity index (χ3n) is 5.41. The van der Waals surface area contributed by atoms with E-state index in [9.17, 15) is 17.6 Å². The average Bonchev–Trinajstić information content (AvgIpc) is 2.77. The van der Waals surface area contributed by atoms with Gasteiger partial charge in [0.05, 0.1) is 11.9 Å². The van der Waals surface area contributed by atoms with Gasteiger partial charge in [0.1, 0.15) is 11.6 Å². The number of hydrogen-bond donors (Lipinski definition) is 0. The molecule has 0 bridgehead atoms. The van der Waals surface area contributed by atoms with Crippen molar-refractivity contribution in [3.05, 3.63) is 54.3 Å². The van der Waals surface area contributed by atoms with Crippen molar-refractivity contribution in [2.45, 2.75) is 19.4 Å². The summed E-state index contributed by atoms with van der Waals surface area (Å²) in [6.07, 6.45) is 1.04. The zero-order chi connectivity index (χ0) is 22.6. The minimum absolute atomic E-state index is 0.0708. The third-order valence-corrected chi connectivity index (χ3v) is 6.61. The van der Waals surface area contributed by atoms with E-state index in [4.69, 9.17) is 4.74 Å². The van der Waals surface area contributed by atoms with Crippen molar-refractivity contribution < 1.29 is 22.3 Å². The van der Waals surface area contributed by atoms with Crippen molar-refractivity contribution in [1.29, 1.82) is 0 Å². The van der Waals surface area contributed by atoms with Crippen LogP contribution in [0, 0.1) is 5.82 Å². The van der Waals surface area contributed by atoms with Gasteiger partial charge in [-0.25, -0.2) is 12.8 Å². The maximum Gasteiger partial charge on any atom is 0.263 e. The molecule has 0 aliphatic carbocycles. The smallest absolute Gasteiger partial charge is 0.263 e. The first-order valence-electron chi connectivity index (χ1n) is 10.2. The van der Waals surface area contributed by atoms with E-state index >= 15 is 0 Å². The van der Waals surface area contributed by atoms with Gasteiger partial charge in [-0.3, -0.25) is 9.10 Å². The molecule has 2 aromatic rings. The van der Waals surface area contributed by atoms with Gasteiger partial charge in [-0.15, -0.1) is 0 Å². The number of carbonyl (C=O) groups is 1. The second-order valence-corrected chi connectivity index (χ2v) is 9.54. The fraction of sp³-hybridized carbons (Fsp3) is 0.409. The Hall–Kier alpha value is -2.81. The molecule has 1 amide bonds. The van der Waals surface area contributed by atoms with Crippen molar-refractivity contribution >= 4 is 27.3 Å². The molecule has 1 aliphatic rings. The van der Waals surface area contributed by atoms with Gasteiger partial charge in [0.2, 0.25) is 10.0 Å². The lowest BCUT2D eigenvalue weighted by Crippen LogP contribution is -2.52. The summed E-state index contributed by atoms with van der Waals surface area (Å²) >= 11 is 0. The fourth-order valence-corrected chi connectivity index (χ4v) is 3.94. The average molecular weight is 450 g/mol. The fourth-order valence-electron chi connectivity index (χ4n) is 3.44. The highest BCUT2D eigenvalue weighted by molar-refractivity contribution is 7.92. The van der Waals surface area contributed by atoms with Gasteiger partial charge in [0.15, 0.2) is 6.10 Å². The topological polar surface area (TPSA) is 70.2 Å². The minimum atomic E-state index is -3.34. The van der Waals surface area contributed by atoms with Gasteiger partial charge in [-0.05, 0) is 55.0 Å². The molecule has 0 aromatic heterocycles. The summed E-state index contributed by atoms with van der Waals surface area (Å²) in [4.78, 5) is 16.9. The molecule has 31 heavy (non-hydrogen) atoms. The molecule has 0 radical (unpaired) electrons. The van der Waals surface area contributed by atoms with E-state index in [1.165, 1.54) is 23.5 Å². The van der Waals surface area contributed by atoms with E-state index in [1.54, 1.807) is 41.3 Å². The van der Waals surface area contributed by atoms with Gasteiger partial charge in [0, 0.05) is 38.9 Å². The summed E-state index contributed by atoms with van der Waals surface area (Å²) in [6, 6.07) is 13.0. The predicted octanol–water partition coefficient (Wildman–Crippen LogP) is 2.73.